The van der Waals surface area contributed by atoms with Crippen LogP contribution in [0.15, 0.2) is 78.0 Å². The molecule has 0 spiro atoms. The van der Waals surface area contributed by atoms with E-state index in [2.05, 4.69) is 23.4 Å². The number of aromatic nitrogens is 2. The highest BCUT2D eigenvalue weighted by atomic mass is 19.4. The maximum atomic E-state index is 14.2. The smallest absolute Gasteiger partial charge is 0.312 e. The third-order valence-corrected chi connectivity index (χ3v) is 8.88. The van der Waals surface area contributed by atoms with Crippen LogP contribution in [-0.2, 0) is 13.0 Å². The standard InChI is InChI=1S/C31H31F4N3/c1-30-16-21-18-37-38(24-10-8-23(32)9-11-24)29(21)15-22(30)7-12-25-26(19-36-17-20-5-3-2-4-6-20)28(31(33,34)35)14-13-27(25)30/h2-6,8-11,13,15,18,25-26,28,36H,7,12,14,16-17,19H2,1H3/t25-,26-,28-,30+/m1/s1. The van der Waals surface area contributed by atoms with Gasteiger partial charge in [0.05, 0.1) is 23.5 Å². The Hall–Kier alpha value is -3.19. The van der Waals surface area contributed by atoms with Crippen molar-refractivity contribution < 1.29 is 17.6 Å². The molecule has 1 aromatic heterocycles. The Balaban J connectivity index is 1.29. The first-order chi connectivity index (χ1) is 18.2. The summed E-state index contributed by atoms with van der Waals surface area (Å²) in [4.78, 5) is 0. The summed E-state index contributed by atoms with van der Waals surface area (Å²) in [5.41, 5.74) is 5.99. The molecular formula is C31H31F4N3. The Morgan fingerprint density at radius 2 is 1.84 bits per heavy atom. The van der Waals surface area contributed by atoms with Crippen molar-refractivity contribution in [1.29, 1.82) is 0 Å². The summed E-state index contributed by atoms with van der Waals surface area (Å²) in [6, 6.07) is 16.1. The molecule has 1 saturated carbocycles. The summed E-state index contributed by atoms with van der Waals surface area (Å²) >= 11 is 0. The molecule has 1 N–H and O–H groups in total. The fourth-order valence-electron chi connectivity index (χ4n) is 6.97. The maximum absolute atomic E-state index is 14.2. The van der Waals surface area contributed by atoms with E-state index in [0.29, 0.717) is 25.9 Å². The van der Waals surface area contributed by atoms with Crippen LogP contribution in [0.4, 0.5) is 17.6 Å². The zero-order valence-corrected chi connectivity index (χ0v) is 21.3. The van der Waals surface area contributed by atoms with Crippen molar-refractivity contribution in [2.24, 2.45) is 23.2 Å². The molecule has 7 heteroatoms. The van der Waals surface area contributed by atoms with E-state index in [4.69, 9.17) is 0 Å². The van der Waals surface area contributed by atoms with Gasteiger partial charge in [0.25, 0.3) is 0 Å². The molecule has 3 aliphatic carbocycles. The molecule has 0 unspecified atom stereocenters. The van der Waals surface area contributed by atoms with Crippen molar-refractivity contribution in [3.05, 3.63) is 101 Å². The predicted octanol–water partition coefficient (Wildman–Crippen LogP) is 7.28. The normalized spacial score (nSPS) is 26.6. The fourth-order valence-corrected chi connectivity index (χ4v) is 6.97. The van der Waals surface area contributed by atoms with Crippen LogP contribution in [0.1, 0.15) is 43.0 Å². The number of benzene rings is 2. The number of alkyl halides is 3. The Kier molecular flexibility index (Phi) is 6.29. The van der Waals surface area contributed by atoms with Crippen molar-refractivity contribution in [1.82, 2.24) is 15.1 Å². The summed E-state index contributed by atoms with van der Waals surface area (Å²) in [5.74, 6) is -2.25. The van der Waals surface area contributed by atoms with Crippen LogP contribution < -0.4 is 5.32 Å². The Morgan fingerprint density at radius 1 is 1.08 bits per heavy atom. The highest BCUT2D eigenvalue weighted by Gasteiger charge is 2.54. The van der Waals surface area contributed by atoms with E-state index >= 15 is 0 Å². The summed E-state index contributed by atoms with van der Waals surface area (Å²) in [6.07, 6.45) is 3.89. The Morgan fingerprint density at radius 3 is 2.58 bits per heavy atom. The van der Waals surface area contributed by atoms with Gasteiger partial charge in [-0.1, -0.05) is 54.5 Å². The van der Waals surface area contributed by atoms with Crippen LogP contribution in [0.3, 0.4) is 0 Å². The van der Waals surface area contributed by atoms with E-state index in [1.165, 1.54) is 17.7 Å². The average molecular weight is 522 g/mol. The lowest BCUT2D eigenvalue weighted by Crippen LogP contribution is -2.48. The van der Waals surface area contributed by atoms with Gasteiger partial charge in [0, 0.05) is 12.0 Å². The van der Waals surface area contributed by atoms with Gasteiger partial charge in [0.1, 0.15) is 5.82 Å². The van der Waals surface area contributed by atoms with Gasteiger partial charge in [0.2, 0.25) is 0 Å². The van der Waals surface area contributed by atoms with E-state index in [0.717, 1.165) is 34.5 Å². The number of fused-ring (bicyclic) bond motifs is 4. The first kappa shape index (κ1) is 25.1. The van der Waals surface area contributed by atoms with Gasteiger partial charge < -0.3 is 5.32 Å². The molecule has 6 rings (SSSR count). The molecule has 0 amide bonds. The number of nitrogens with zero attached hydrogens (tertiary/aromatic N) is 2. The second-order valence-corrected chi connectivity index (χ2v) is 11.1. The van der Waals surface area contributed by atoms with Crippen LogP contribution in [-0.4, -0.2) is 22.5 Å². The van der Waals surface area contributed by atoms with Crippen LogP contribution in [0.5, 0.6) is 0 Å². The van der Waals surface area contributed by atoms with Gasteiger partial charge in [-0.15, -0.1) is 0 Å². The van der Waals surface area contributed by atoms with Gasteiger partial charge in [-0.05, 0) is 85.5 Å². The van der Waals surface area contributed by atoms with Crippen LogP contribution >= 0.6 is 0 Å². The Bertz CT molecular complexity index is 1370. The third kappa shape index (κ3) is 4.41. The first-order valence-corrected chi connectivity index (χ1v) is 13.3. The predicted molar refractivity (Wildman–Crippen MR) is 140 cm³/mol. The number of rotatable bonds is 5. The lowest BCUT2D eigenvalue weighted by Gasteiger charge is -2.51. The minimum absolute atomic E-state index is 0.0254. The molecule has 0 bridgehead atoms. The summed E-state index contributed by atoms with van der Waals surface area (Å²) in [7, 11) is 0. The summed E-state index contributed by atoms with van der Waals surface area (Å²) in [5, 5.41) is 7.94. The molecule has 1 heterocycles. The van der Waals surface area contributed by atoms with Crippen molar-refractivity contribution in [3.63, 3.8) is 0 Å². The monoisotopic (exact) mass is 521 g/mol. The van der Waals surface area contributed by atoms with Crippen LogP contribution in [0, 0.1) is 29.0 Å². The van der Waals surface area contributed by atoms with Crippen LogP contribution in [0.25, 0.3) is 11.8 Å². The molecule has 1 fully saturated rings. The van der Waals surface area contributed by atoms with Gasteiger partial charge in [-0.2, -0.15) is 18.3 Å². The summed E-state index contributed by atoms with van der Waals surface area (Å²) in [6.45, 7) is 3.09. The van der Waals surface area contributed by atoms with Gasteiger partial charge in [-0.25, -0.2) is 9.07 Å². The zero-order valence-electron chi connectivity index (χ0n) is 21.3. The Labute approximate surface area is 220 Å². The SMILES string of the molecule is C[C@]12Cc3cnn(-c4ccc(F)cc4)c3C=C1CC[C@H]1C2=CC[C@@H](C(F)(F)F)[C@@H]1CNCc1ccccc1. The molecular weight excluding hydrogens is 490 g/mol. The highest BCUT2D eigenvalue weighted by molar-refractivity contribution is 5.63. The highest BCUT2D eigenvalue weighted by Crippen LogP contribution is 2.58. The van der Waals surface area contributed by atoms with Gasteiger partial charge in [-0.3, -0.25) is 0 Å². The molecule has 0 aliphatic heterocycles. The van der Waals surface area contributed by atoms with Gasteiger partial charge in [0.15, 0.2) is 0 Å². The molecule has 0 radical (unpaired) electrons. The molecule has 3 nitrogen and oxygen atoms in total. The average Bonchev–Trinajstić information content (AvgIpc) is 3.29. The first-order valence-electron chi connectivity index (χ1n) is 13.3. The third-order valence-electron chi connectivity index (χ3n) is 8.88. The lowest BCUT2D eigenvalue weighted by atomic mass is 9.54. The number of hydrogen-bond acceptors (Lipinski definition) is 2. The van der Waals surface area contributed by atoms with Crippen molar-refractivity contribution in [2.45, 2.75) is 45.3 Å². The number of nitrogens with one attached hydrogen (secondary N) is 1. The number of hydrogen-bond donors (Lipinski definition) is 1. The minimum atomic E-state index is -4.23. The minimum Gasteiger partial charge on any atom is -0.312 e. The van der Waals surface area contributed by atoms with Crippen molar-refractivity contribution in [2.75, 3.05) is 6.54 Å². The van der Waals surface area contributed by atoms with Crippen LogP contribution in [0.2, 0.25) is 0 Å². The topological polar surface area (TPSA) is 29.9 Å². The summed E-state index contributed by atoms with van der Waals surface area (Å²) < 4.78 is 57.9. The van der Waals surface area contributed by atoms with Crippen molar-refractivity contribution >= 4 is 6.08 Å². The molecule has 198 valence electrons. The quantitative estimate of drug-likeness (QED) is 0.282. The number of halogens is 4. The van der Waals surface area contributed by atoms with E-state index in [1.807, 2.05) is 47.3 Å². The second-order valence-electron chi connectivity index (χ2n) is 11.1. The van der Waals surface area contributed by atoms with E-state index in [-0.39, 0.29) is 23.6 Å². The molecule has 0 saturated heterocycles. The molecule has 4 atom stereocenters. The van der Waals surface area contributed by atoms with E-state index in [1.54, 1.807) is 12.1 Å². The zero-order chi connectivity index (χ0) is 26.5. The molecule has 38 heavy (non-hydrogen) atoms. The molecule has 3 aliphatic rings. The van der Waals surface area contributed by atoms with E-state index < -0.39 is 18.0 Å². The second kappa shape index (κ2) is 9.53. The van der Waals surface area contributed by atoms with Crippen molar-refractivity contribution in [3.8, 4) is 5.69 Å². The maximum Gasteiger partial charge on any atom is 0.392 e. The lowest BCUT2D eigenvalue weighted by molar-refractivity contribution is -0.194. The molecule has 3 aromatic rings. The fraction of sp³-hybridized carbons (Fsp3) is 0.387. The number of allylic oxidation sites excluding steroid dienone is 3. The van der Waals surface area contributed by atoms with E-state index in [9.17, 15) is 17.6 Å². The van der Waals surface area contributed by atoms with Gasteiger partial charge >= 0.3 is 6.18 Å². The molecule has 2 aromatic carbocycles. The largest absolute Gasteiger partial charge is 0.392 e.